The molecule has 1 aliphatic rings. The van der Waals surface area contributed by atoms with Crippen LogP contribution in [0.4, 0.5) is 5.69 Å². The van der Waals surface area contributed by atoms with Crippen LogP contribution in [0.25, 0.3) is 6.08 Å². The van der Waals surface area contributed by atoms with Gasteiger partial charge in [-0.05, 0) is 73.5 Å². The monoisotopic (exact) mass is 464 g/mol. The second-order valence-corrected chi connectivity index (χ2v) is 8.58. The molecule has 1 heterocycles. The van der Waals surface area contributed by atoms with Gasteiger partial charge in [-0.1, -0.05) is 36.2 Å². The molecule has 0 aliphatic carbocycles. The van der Waals surface area contributed by atoms with Gasteiger partial charge in [-0.3, -0.25) is 4.79 Å². The average Bonchev–Trinajstić information content (AvgIpc) is 3.05. The minimum Gasteiger partial charge on any atom is -0.493 e. The fourth-order valence-corrected chi connectivity index (χ4v) is 3.95. The van der Waals surface area contributed by atoms with Gasteiger partial charge in [0.15, 0.2) is 16.7 Å². The maximum atomic E-state index is 12.4. The van der Waals surface area contributed by atoms with Gasteiger partial charge in [-0.2, -0.15) is 0 Å². The summed E-state index contributed by atoms with van der Waals surface area (Å²) in [6.45, 7) is 5.88. The van der Waals surface area contributed by atoms with E-state index in [0.717, 1.165) is 17.5 Å². The molecule has 0 bridgehead atoms. The first-order chi connectivity index (χ1) is 14.3. The topological polar surface area (TPSA) is 59.9 Å². The second-order valence-electron chi connectivity index (χ2n) is 6.74. The number of amides is 1. The number of ether oxygens (including phenoxy) is 2. The number of aliphatic imine (C=N–C) groups is 1. The molecule has 3 rings (SSSR count). The van der Waals surface area contributed by atoms with Crippen molar-refractivity contribution in [2.24, 2.45) is 4.99 Å². The zero-order valence-corrected chi connectivity index (χ0v) is 19.4. The van der Waals surface area contributed by atoms with Crippen molar-refractivity contribution in [1.82, 2.24) is 5.32 Å². The van der Waals surface area contributed by atoms with Crippen molar-refractivity contribution in [2.45, 2.75) is 33.3 Å². The second kappa shape index (κ2) is 9.77. The highest BCUT2D eigenvalue weighted by Gasteiger charge is 2.24. The van der Waals surface area contributed by atoms with Crippen LogP contribution in [0.2, 0.25) is 10.0 Å². The summed E-state index contributed by atoms with van der Waals surface area (Å²) in [7, 11) is 1.56. The Morgan fingerprint density at radius 2 is 2.03 bits per heavy atom. The van der Waals surface area contributed by atoms with E-state index in [9.17, 15) is 4.79 Å². The summed E-state index contributed by atoms with van der Waals surface area (Å²) in [6.07, 6.45) is 2.59. The van der Waals surface area contributed by atoms with Crippen LogP contribution in [0.15, 0.2) is 40.2 Å². The SMILES string of the molecule is CC[C@H](C)Oc1c(Cl)cc(/C=C2/SC(=Nc3cccc(Cl)c3C)NC2=O)cc1OC. The molecular formula is C22H22Cl2N2O3S. The molecule has 0 unspecified atom stereocenters. The Morgan fingerprint density at radius 1 is 1.27 bits per heavy atom. The van der Waals surface area contributed by atoms with Gasteiger partial charge in [0.1, 0.15) is 0 Å². The Hall–Kier alpha value is -2.15. The molecule has 1 fully saturated rings. The van der Waals surface area contributed by atoms with E-state index in [2.05, 4.69) is 10.3 Å². The standard InChI is InChI=1S/C22H22Cl2N2O3S/c1-5-12(2)29-20-16(24)9-14(10-18(20)28-4)11-19-21(27)26-22(30-19)25-17-8-6-7-15(23)13(17)3/h6-12H,5H2,1-4H3,(H,25,26,27)/b19-11+/t12-/m0/s1. The lowest BCUT2D eigenvalue weighted by atomic mass is 10.1. The summed E-state index contributed by atoms with van der Waals surface area (Å²) in [5.74, 6) is 0.785. The molecule has 2 aromatic rings. The number of nitrogens with zero attached hydrogens (tertiary/aromatic N) is 1. The number of carbonyl (C=O) groups is 1. The molecule has 2 aromatic carbocycles. The third-order valence-corrected chi connectivity index (χ3v) is 6.16. The molecular weight excluding hydrogens is 443 g/mol. The number of rotatable bonds is 6. The largest absolute Gasteiger partial charge is 0.493 e. The number of hydrogen-bond acceptors (Lipinski definition) is 5. The minimum atomic E-state index is -0.228. The van der Waals surface area contributed by atoms with Crippen molar-refractivity contribution in [3.05, 3.63) is 56.4 Å². The fourth-order valence-electron chi connectivity index (χ4n) is 2.68. The van der Waals surface area contributed by atoms with Crippen molar-refractivity contribution < 1.29 is 14.3 Å². The average molecular weight is 465 g/mol. The van der Waals surface area contributed by atoms with Crippen LogP contribution in [-0.2, 0) is 4.79 Å². The summed E-state index contributed by atoms with van der Waals surface area (Å²) < 4.78 is 11.3. The number of amidine groups is 1. The van der Waals surface area contributed by atoms with Gasteiger partial charge in [0, 0.05) is 5.02 Å². The van der Waals surface area contributed by atoms with E-state index in [1.807, 2.05) is 32.9 Å². The Kier molecular flexibility index (Phi) is 7.34. The number of methoxy groups -OCH3 is 1. The normalized spacial score (nSPS) is 17.3. The first-order valence-electron chi connectivity index (χ1n) is 9.41. The summed E-state index contributed by atoms with van der Waals surface area (Å²) in [4.78, 5) is 17.4. The van der Waals surface area contributed by atoms with E-state index < -0.39 is 0 Å². The van der Waals surface area contributed by atoms with Crippen LogP contribution >= 0.6 is 35.0 Å². The summed E-state index contributed by atoms with van der Waals surface area (Å²) in [5.41, 5.74) is 2.29. The number of nitrogens with one attached hydrogen (secondary N) is 1. The van der Waals surface area contributed by atoms with Crippen LogP contribution < -0.4 is 14.8 Å². The molecule has 1 N–H and O–H groups in total. The van der Waals surface area contributed by atoms with Gasteiger partial charge in [0.2, 0.25) is 0 Å². The van der Waals surface area contributed by atoms with E-state index in [0.29, 0.717) is 37.3 Å². The lowest BCUT2D eigenvalue weighted by Crippen LogP contribution is -2.19. The number of benzene rings is 2. The zero-order chi connectivity index (χ0) is 21.8. The van der Waals surface area contributed by atoms with E-state index in [-0.39, 0.29) is 12.0 Å². The van der Waals surface area contributed by atoms with E-state index in [4.69, 9.17) is 32.7 Å². The zero-order valence-electron chi connectivity index (χ0n) is 17.1. The van der Waals surface area contributed by atoms with Crippen molar-refractivity contribution in [3.63, 3.8) is 0 Å². The van der Waals surface area contributed by atoms with Gasteiger partial charge < -0.3 is 14.8 Å². The molecule has 0 saturated carbocycles. The van der Waals surface area contributed by atoms with Crippen LogP contribution in [0, 0.1) is 6.92 Å². The smallest absolute Gasteiger partial charge is 0.264 e. The van der Waals surface area contributed by atoms with Crippen LogP contribution in [0.5, 0.6) is 11.5 Å². The number of thioether (sulfide) groups is 1. The predicted octanol–water partition coefficient (Wildman–Crippen LogP) is 6.38. The van der Waals surface area contributed by atoms with E-state index in [1.165, 1.54) is 11.8 Å². The van der Waals surface area contributed by atoms with Crippen molar-refractivity contribution in [1.29, 1.82) is 0 Å². The number of carbonyl (C=O) groups excluding carboxylic acids is 1. The Labute approximate surface area is 190 Å². The molecule has 30 heavy (non-hydrogen) atoms. The minimum absolute atomic E-state index is 0.00508. The molecule has 1 aliphatic heterocycles. The maximum Gasteiger partial charge on any atom is 0.264 e. The predicted molar refractivity (Wildman–Crippen MR) is 125 cm³/mol. The number of halogens is 2. The molecule has 8 heteroatoms. The third kappa shape index (κ3) is 5.12. The van der Waals surface area contributed by atoms with Crippen LogP contribution in [0.3, 0.4) is 0 Å². The van der Waals surface area contributed by atoms with Gasteiger partial charge in [0.05, 0.1) is 28.8 Å². The molecule has 1 saturated heterocycles. The molecule has 0 radical (unpaired) electrons. The summed E-state index contributed by atoms with van der Waals surface area (Å²) >= 11 is 13.8. The fraction of sp³-hybridized carbons (Fsp3) is 0.273. The molecule has 0 aromatic heterocycles. The van der Waals surface area contributed by atoms with E-state index >= 15 is 0 Å². The quantitative estimate of drug-likeness (QED) is 0.503. The Morgan fingerprint density at radius 3 is 2.73 bits per heavy atom. The first kappa shape index (κ1) is 22.5. The molecule has 1 amide bonds. The molecule has 0 spiro atoms. The maximum absolute atomic E-state index is 12.4. The lowest BCUT2D eigenvalue weighted by molar-refractivity contribution is -0.115. The van der Waals surface area contributed by atoms with Gasteiger partial charge >= 0.3 is 0 Å². The Bertz CT molecular complexity index is 1040. The summed E-state index contributed by atoms with van der Waals surface area (Å²) in [5, 5.41) is 4.33. The van der Waals surface area contributed by atoms with Crippen LogP contribution in [0.1, 0.15) is 31.4 Å². The van der Waals surface area contributed by atoms with Gasteiger partial charge in [0.25, 0.3) is 5.91 Å². The van der Waals surface area contributed by atoms with Crippen molar-refractivity contribution >= 4 is 57.8 Å². The van der Waals surface area contributed by atoms with Crippen molar-refractivity contribution in [3.8, 4) is 11.5 Å². The highest BCUT2D eigenvalue weighted by molar-refractivity contribution is 8.18. The highest BCUT2D eigenvalue weighted by atomic mass is 35.5. The third-order valence-electron chi connectivity index (χ3n) is 4.56. The summed E-state index contributed by atoms with van der Waals surface area (Å²) in [6, 6.07) is 9.02. The molecule has 5 nitrogen and oxygen atoms in total. The number of hydrogen-bond donors (Lipinski definition) is 1. The van der Waals surface area contributed by atoms with Gasteiger partial charge in [-0.25, -0.2) is 4.99 Å². The van der Waals surface area contributed by atoms with Gasteiger partial charge in [-0.15, -0.1) is 0 Å². The highest BCUT2D eigenvalue weighted by Crippen LogP contribution is 2.39. The molecule has 158 valence electrons. The molecule has 1 atom stereocenters. The lowest BCUT2D eigenvalue weighted by Gasteiger charge is -2.17. The van der Waals surface area contributed by atoms with E-state index in [1.54, 1.807) is 31.4 Å². The Balaban J connectivity index is 1.88. The van der Waals surface area contributed by atoms with Crippen LogP contribution in [-0.4, -0.2) is 24.3 Å². The van der Waals surface area contributed by atoms with Crippen molar-refractivity contribution in [2.75, 3.05) is 7.11 Å². The first-order valence-corrected chi connectivity index (χ1v) is 11.0.